The molecule has 174 valence electrons. The second-order valence-electron chi connectivity index (χ2n) is 8.52. The van der Waals surface area contributed by atoms with Gasteiger partial charge in [0, 0.05) is 42.5 Å². The second kappa shape index (κ2) is 8.92. The first-order chi connectivity index (χ1) is 17.2. The molecule has 35 heavy (non-hydrogen) atoms. The van der Waals surface area contributed by atoms with Gasteiger partial charge in [0.05, 0.1) is 16.8 Å². The number of hydrogen-bond donors (Lipinski definition) is 1. The van der Waals surface area contributed by atoms with Crippen LogP contribution in [0.1, 0.15) is 0 Å². The average Bonchev–Trinajstić information content (AvgIpc) is 3.26. The quantitative estimate of drug-likeness (QED) is 0.387. The van der Waals surface area contributed by atoms with E-state index in [4.69, 9.17) is 32.4 Å². The van der Waals surface area contributed by atoms with Crippen molar-refractivity contribution in [3.05, 3.63) is 90.0 Å². The fourth-order valence-electron chi connectivity index (χ4n) is 4.53. The van der Waals surface area contributed by atoms with Gasteiger partial charge in [-0.2, -0.15) is 4.98 Å². The predicted octanol–water partition coefficient (Wildman–Crippen LogP) is 5.04. The molecule has 0 bridgehead atoms. The number of nitrogens with zero attached hydrogens (tertiary/aromatic N) is 6. The third-order valence-electron chi connectivity index (χ3n) is 6.36. The molecule has 0 aliphatic carbocycles. The largest absolute Gasteiger partial charge is 0.383 e. The van der Waals surface area contributed by atoms with E-state index in [-0.39, 0.29) is 0 Å². The van der Waals surface area contributed by atoms with E-state index in [0.717, 1.165) is 48.5 Å². The van der Waals surface area contributed by atoms with Gasteiger partial charge < -0.3 is 15.5 Å². The van der Waals surface area contributed by atoms with Gasteiger partial charge in [-0.15, -0.1) is 5.10 Å². The highest BCUT2D eigenvalue weighted by molar-refractivity contribution is 6.30. The summed E-state index contributed by atoms with van der Waals surface area (Å²) in [6.07, 6.45) is 0. The number of rotatable bonds is 4. The topological polar surface area (TPSA) is 76.1 Å². The van der Waals surface area contributed by atoms with E-state index >= 15 is 0 Å². The minimum atomic E-state index is 0.502. The average molecular weight is 482 g/mol. The van der Waals surface area contributed by atoms with E-state index in [2.05, 4.69) is 34.1 Å². The van der Waals surface area contributed by atoms with Crippen LogP contribution < -0.4 is 15.5 Å². The van der Waals surface area contributed by atoms with Gasteiger partial charge in [0.15, 0.2) is 5.65 Å². The summed E-state index contributed by atoms with van der Waals surface area (Å²) in [4.78, 5) is 14.5. The summed E-state index contributed by atoms with van der Waals surface area (Å²) >= 11 is 6.09. The van der Waals surface area contributed by atoms with E-state index in [1.54, 1.807) is 4.68 Å². The molecule has 0 amide bonds. The van der Waals surface area contributed by atoms with E-state index in [0.29, 0.717) is 22.4 Å². The Morgan fingerprint density at radius 2 is 1.31 bits per heavy atom. The van der Waals surface area contributed by atoms with E-state index in [1.807, 2.05) is 60.7 Å². The van der Waals surface area contributed by atoms with Crippen molar-refractivity contribution in [2.75, 3.05) is 41.7 Å². The number of benzene rings is 3. The smallest absolute Gasteiger partial charge is 0.228 e. The zero-order valence-electron chi connectivity index (χ0n) is 19.0. The highest BCUT2D eigenvalue weighted by Crippen LogP contribution is 2.34. The lowest BCUT2D eigenvalue weighted by molar-refractivity contribution is 0.641. The third kappa shape index (κ3) is 4.04. The molecule has 2 aromatic heterocycles. The number of fused-ring (bicyclic) bond motifs is 1. The highest BCUT2D eigenvalue weighted by atomic mass is 35.5. The lowest BCUT2D eigenvalue weighted by Gasteiger charge is -2.36. The standard InChI is InChI=1S/C27H24ClN7/c28-20-11-13-22(14-12-20)35-25(29)23-24(19-7-3-1-4-8-19)30-27(31-26(23)32-35)34-17-15-33(16-18-34)21-9-5-2-6-10-21/h1-14H,15-18,29H2. The summed E-state index contributed by atoms with van der Waals surface area (Å²) in [5.74, 6) is 1.17. The second-order valence-corrected chi connectivity index (χ2v) is 8.96. The van der Waals surface area contributed by atoms with Crippen molar-refractivity contribution in [1.82, 2.24) is 19.7 Å². The van der Waals surface area contributed by atoms with Crippen LogP contribution in [0.5, 0.6) is 0 Å². The highest BCUT2D eigenvalue weighted by Gasteiger charge is 2.24. The van der Waals surface area contributed by atoms with Crippen LogP contribution in [0.25, 0.3) is 28.0 Å². The number of nitrogens with two attached hydrogens (primary N) is 1. The Balaban J connectivity index is 1.41. The molecule has 0 unspecified atom stereocenters. The summed E-state index contributed by atoms with van der Waals surface area (Å²) in [6.45, 7) is 3.44. The normalized spacial score (nSPS) is 14.0. The Labute approximate surface area is 208 Å². The lowest BCUT2D eigenvalue weighted by atomic mass is 10.1. The van der Waals surface area contributed by atoms with Crippen LogP contribution in [0, 0.1) is 0 Å². The molecular formula is C27H24ClN7. The fraction of sp³-hybridized carbons (Fsp3) is 0.148. The van der Waals surface area contributed by atoms with Crippen LogP contribution in [0.2, 0.25) is 5.02 Å². The van der Waals surface area contributed by atoms with E-state index in [9.17, 15) is 0 Å². The maximum Gasteiger partial charge on any atom is 0.228 e. The molecule has 1 fully saturated rings. The molecule has 0 radical (unpaired) electrons. The van der Waals surface area contributed by atoms with Crippen LogP contribution in [0.3, 0.4) is 0 Å². The van der Waals surface area contributed by atoms with Crippen molar-refractivity contribution in [3.63, 3.8) is 0 Å². The number of piperazine rings is 1. The summed E-state index contributed by atoms with van der Waals surface area (Å²) < 4.78 is 1.71. The van der Waals surface area contributed by atoms with Gasteiger partial charge in [0.1, 0.15) is 5.82 Å². The SMILES string of the molecule is Nc1c2c(-c3ccccc3)nc(N3CCN(c4ccccc4)CC3)nc2nn1-c1ccc(Cl)cc1. The van der Waals surface area contributed by atoms with Crippen molar-refractivity contribution in [2.45, 2.75) is 0 Å². The molecule has 1 saturated heterocycles. The van der Waals surface area contributed by atoms with Crippen molar-refractivity contribution >= 4 is 40.1 Å². The first-order valence-corrected chi connectivity index (χ1v) is 12.0. The van der Waals surface area contributed by atoms with Crippen LogP contribution in [0.15, 0.2) is 84.9 Å². The summed E-state index contributed by atoms with van der Waals surface area (Å²) in [7, 11) is 0. The number of aromatic nitrogens is 4. The molecule has 6 rings (SSSR count). The van der Waals surface area contributed by atoms with Crippen LogP contribution in [0.4, 0.5) is 17.5 Å². The van der Waals surface area contributed by atoms with E-state index in [1.165, 1.54) is 5.69 Å². The van der Waals surface area contributed by atoms with Gasteiger partial charge in [-0.25, -0.2) is 9.67 Å². The zero-order chi connectivity index (χ0) is 23.8. The van der Waals surface area contributed by atoms with Gasteiger partial charge in [-0.1, -0.05) is 60.1 Å². The van der Waals surface area contributed by atoms with Crippen LogP contribution in [-0.2, 0) is 0 Å². The fourth-order valence-corrected chi connectivity index (χ4v) is 4.66. The van der Waals surface area contributed by atoms with Crippen molar-refractivity contribution < 1.29 is 0 Å². The molecule has 8 heteroatoms. The zero-order valence-corrected chi connectivity index (χ0v) is 19.8. The Hall–Kier alpha value is -4.10. The Morgan fingerprint density at radius 3 is 2.00 bits per heavy atom. The first kappa shape index (κ1) is 21.4. The monoisotopic (exact) mass is 481 g/mol. The molecule has 0 atom stereocenters. The van der Waals surface area contributed by atoms with Gasteiger partial charge in [-0.05, 0) is 36.4 Å². The Bertz CT molecular complexity index is 1460. The molecule has 3 aromatic carbocycles. The molecule has 3 heterocycles. The van der Waals surface area contributed by atoms with Crippen molar-refractivity contribution in [1.29, 1.82) is 0 Å². The molecule has 5 aromatic rings. The lowest BCUT2D eigenvalue weighted by Crippen LogP contribution is -2.47. The molecule has 1 aliphatic heterocycles. The maximum atomic E-state index is 6.63. The Morgan fingerprint density at radius 1 is 0.686 bits per heavy atom. The summed E-state index contributed by atoms with van der Waals surface area (Å²) in [6, 6.07) is 28.0. The number of anilines is 3. The molecule has 1 aliphatic rings. The first-order valence-electron chi connectivity index (χ1n) is 11.6. The minimum Gasteiger partial charge on any atom is -0.383 e. The molecule has 2 N–H and O–H groups in total. The number of para-hydroxylation sites is 1. The van der Waals surface area contributed by atoms with Crippen molar-refractivity contribution in [2.24, 2.45) is 0 Å². The van der Waals surface area contributed by atoms with Gasteiger partial charge in [0.2, 0.25) is 5.95 Å². The van der Waals surface area contributed by atoms with Crippen molar-refractivity contribution in [3.8, 4) is 16.9 Å². The Kier molecular flexibility index (Phi) is 5.47. The number of nitrogen functional groups attached to an aromatic ring is 1. The minimum absolute atomic E-state index is 0.502. The molecule has 0 saturated carbocycles. The molecule has 7 nitrogen and oxygen atoms in total. The van der Waals surface area contributed by atoms with E-state index < -0.39 is 0 Å². The third-order valence-corrected chi connectivity index (χ3v) is 6.61. The van der Waals surface area contributed by atoms with Crippen LogP contribution in [-0.4, -0.2) is 45.9 Å². The summed E-state index contributed by atoms with van der Waals surface area (Å²) in [5, 5.41) is 6.18. The predicted molar refractivity (Wildman–Crippen MR) is 142 cm³/mol. The molecule has 0 spiro atoms. The van der Waals surface area contributed by atoms with Gasteiger partial charge in [0.25, 0.3) is 0 Å². The van der Waals surface area contributed by atoms with Gasteiger partial charge >= 0.3 is 0 Å². The summed E-state index contributed by atoms with van der Waals surface area (Å²) in [5.41, 5.74) is 11.0. The van der Waals surface area contributed by atoms with Crippen LogP contribution >= 0.6 is 11.6 Å². The van der Waals surface area contributed by atoms with Gasteiger partial charge in [-0.3, -0.25) is 0 Å². The number of hydrogen-bond acceptors (Lipinski definition) is 6. The number of halogens is 1. The molecular weight excluding hydrogens is 458 g/mol. The maximum absolute atomic E-state index is 6.63.